The summed E-state index contributed by atoms with van der Waals surface area (Å²) in [6.45, 7) is 1.81. The van der Waals surface area contributed by atoms with Crippen molar-refractivity contribution in [1.29, 1.82) is 0 Å². The predicted molar refractivity (Wildman–Crippen MR) is 162 cm³/mol. The van der Waals surface area contributed by atoms with Crippen LogP contribution in [-0.4, -0.2) is 70.0 Å². The van der Waals surface area contributed by atoms with Crippen LogP contribution in [0.5, 0.6) is 0 Å². The molecule has 0 atom stereocenters. The van der Waals surface area contributed by atoms with Crippen LogP contribution in [0.25, 0.3) is 21.5 Å². The lowest BCUT2D eigenvalue weighted by molar-refractivity contribution is -0.133. The molecule has 1 saturated heterocycles. The molecule has 0 aliphatic carbocycles. The topological polar surface area (TPSA) is 130 Å². The van der Waals surface area contributed by atoms with Crippen molar-refractivity contribution in [2.24, 2.45) is 7.05 Å². The fourth-order valence-electron chi connectivity index (χ4n) is 4.99. The van der Waals surface area contributed by atoms with Crippen LogP contribution in [0.4, 0.5) is 0 Å². The van der Waals surface area contributed by atoms with Gasteiger partial charge in [-0.05, 0) is 53.7 Å². The maximum Gasteiger partial charge on any atom is 0.245 e. The van der Waals surface area contributed by atoms with Gasteiger partial charge in [-0.3, -0.25) is 14.4 Å². The SMILES string of the molecule is Cn1c(SCC(=O)NC2(C(=O)NCCNC(=O)Cc3cccc4ccccc34)CCNCC2)nnc1-c1cccs1. The van der Waals surface area contributed by atoms with Crippen LogP contribution in [0.15, 0.2) is 65.1 Å². The van der Waals surface area contributed by atoms with Gasteiger partial charge >= 0.3 is 0 Å². The molecule has 4 N–H and O–H groups in total. The van der Waals surface area contributed by atoms with Gasteiger partial charge in [0.25, 0.3) is 0 Å². The first kappa shape index (κ1) is 28.8. The van der Waals surface area contributed by atoms with Crippen molar-refractivity contribution in [3.8, 4) is 10.7 Å². The summed E-state index contributed by atoms with van der Waals surface area (Å²) in [7, 11) is 1.87. The third-order valence-electron chi connectivity index (χ3n) is 7.14. The van der Waals surface area contributed by atoms with Gasteiger partial charge in [0.2, 0.25) is 17.7 Å². The third-order valence-corrected chi connectivity index (χ3v) is 9.03. The van der Waals surface area contributed by atoms with Crippen LogP contribution >= 0.6 is 23.1 Å². The standard InChI is InChI=1S/C29H33N7O3S2/c1-36-26(23-10-5-17-40-23)34-35-28(36)41-19-25(38)33-29(11-13-30-14-12-29)27(39)32-16-15-31-24(37)18-21-8-4-7-20-6-2-3-9-22(20)21/h2-10,17,30H,11-16,18-19H2,1H3,(H,31,37)(H,32,39)(H,33,38). The molecule has 41 heavy (non-hydrogen) atoms. The molecule has 5 rings (SSSR count). The fourth-order valence-corrected chi connectivity index (χ4v) is 6.44. The first-order valence-corrected chi connectivity index (χ1v) is 15.4. The molecule has 0 saturated carbocycles. The number of hydrogen-bond acceptors (Lipinski definition) is 8. The van der Waals surface area contributed by atoms with Gasteiger partial charge in [-0.15, -0.1) is 21.5 Å². The summed E-state index contributed by atoms with van der Waals surface area (Å²) in [6.07, 6.45) is 1.23. The fraction of sp³-hybridized carbons (Fsp3) is 0.345. The molecular formula is C29H33N7O3S2. The zero-order chi connectivity index (χ0) is 28.7. The molecule has 3 heterocycles. The van der Waals surface area contributed by atoms with E-state index in [2.05, 4.69) is 31.5 Å². The minimum atomic E-state index is -1.00. The smallest absolute Gasteiger partial charge is 0.245 e. The lowest BCUT2D eigenvalue weighted by atomic mass is 9.87. The second-order valence-electron chi connectivity index (χ2n) is 9.93. The number of thiophene rings is 1. The molecule has 4 aromatic rings. The first-order valence-electron chi connectivity index (χ1n) is 13.5. The number of piperidine rings is 1. The number of benzene rings is 2. The number of fused-ring (bicyclic) bond motifs is 1. The Balaban J connectivity index is 1.11. The molecule has 1 fully saturated rings. The Morgan fingerprint density at radius 1 is 0.976 bits per heavy atom. The Morgan fingerprint density at radius 3 is 2.56 bits per heavy atom. The number of thioether (sulfide) groups is 1. The summed E-state index contributed by atoms with van der Waals surface area (Å²) < 4.78 is 1.87. The second kappa shape index (κ2) is 13.3. The molecule has 214 valence electrons. The van der Waals surface area contributed by atoms with Crippen LogP contribution < -0.4 is 21.3 Å². The zero-order valence-corrected chi connectivity index (χ0v) is 24.4. The van der Waals surface area contributed by atoms with Crippen molar-refractivity contribution in [3.05, 3.63) is 65.5 Å². The van der Waals surface area contributed by atoms with Crippen molar-refractivity contribution in [2.45, 2.75) is 30.0 Å². The molecule has 10 nitrogen and oxygen atoms in total. The van der Waals surface area contributed by atoms with E-state index in [-0.39, 0.29) is 36.4 Å². The molecule has 0 spiro atoms. The number of carbonyl (C=O) groups excluding carboxylic acids is 3. The van der Waals surface area contributed by atoms with Crippen molar-refractivity contribution < 1.29 is 14.4 Å². The summed E-state index contributed by atoms with van der Waals surface area (Å²) in [5.41, 5.74) is -0.0411. The van der Waals surface area contributed by atoms with Gasteiger partial charge in [0, 0.05) is 20.1 Å². The van der Waals surface area contributed by atoms with Gasteiger partial charge < -0.3 is 25.8 Å². The lowest BCUT2D eigenvalue weighted by Crippen LogP contribution is -2.63. The Morgan fingerprint density at radius 2 is 1.76 bits per heavy atom. The highest BCUT2D eigenvalue weighted by Crippen LogP contribution is 2.26. The first-order chi connectivity index (χ1) is 19.9. The molecule has 1 aliphatic rings. The number of amides is 3. The van der Waals surface area contributed by atoms with E-state index in [4.69, 9.17) is 0 Å². The normalized spacial score (nSPS) is 14.5. The maximum atomic E-state index is 13.3. The Bertz CT molecular complexity index is 1510. The van der Waals surface area contributed by atoms with E-state index in [1.54, 1.807) is 11.3 Å². The number of aromatic nitrogens is 3. The van der Waals surface area contributed by atoms with E-state index >= 15 is 0 Å². The molecular weight excluding hydrogens is 558 g/mol. The summed E-state index contributed by atoms with van der Waals surface area (Å²) in [6, 6.07) is 17.8. The number of rotatable bonds is 11. The van der Waals surface area contributed by atoms with Gasteiger partial charge in [-0.25, -0.2) is 0 Å². The largest absolute Gasteiger partial charge is 0.354 e. The molecule has 0 unspecified atom stereocenters. The number of hydrogen-bond donors (Lipinski definition) is 4. The quantitative estimate of drug-likeness (QED) is 0.156. The van der Waals surface area contributed by atoms with E-state index in [0.717, 1.165) is 27.0 Å². The van der Waals surface area contributed by atoms with Gasteiger partial charge in [0.15, 0.2) is 11.0 Å². The Labute approximate surface area is 246 Å². The number of nitrogens with one attached hydrogen (secondary N) is 4. The van der Waals surface area contributed by atoms with Gasteiger partial charge in [-0.2, -0.15) is 0 Å². The van der Waals surface area contributed by atoms with Crippen LogP contribution in [0.1, 0.15) is 18.4 Å². The maximum absolute atomic E-state index is 13.3. The Kier molecular flexibility index (Phi) is 9.32. The minimum absolute atomic E-state index is 0.108. The monoisotopic (exact) mass is 591 g/mol. The van der Waals surface area contributed by atoms with Crippen LogP contribution in [-0.2, 0) is 27.9 Å². The van der Waals surface area contributed by atoms with Crippen molar-refractivity contribution in [1.82, 2.24) is 36.0 Å². The second-order valence-corrected chi connectivity index (χ2v) is 11.8. The average Bonchev–Trinajstić information content (AvgIpc) is 3.64. The summed E-state index contributed by atoms with van der Waals surface area (Å²) in [5.74, 6) is 0.281. The van der Waals surface area contributed by atoms with E-state index in [9.17, 15) is 14.4 Å². The molecule has 0 bridgehead atoms. The summed E-state index contributed by atoms with van der Waals surface area (Å²) in [4.78, 5) is 39.9. The lowest BCUT2D eigenvalue weighted by Gasteiger charge is -2.37. The van der Waals surface area contributed by atoms with E-state index < -0.39 is 5.54 Å². The molecule has 1 aliphatic heterocycles. The molecule has 0 radical (unpaired) electrons. The summed E-state index contributed by atoms with van der Waals surface area (Å²) >= 11 is 2.86. The molecule has 12 heteroatoms. The number of nitrogens with zero attached hydrogens (tertiary/aromatic N) is 3. The molecule has 3 amide bonds. The van der Waals surface area contributed by atoms with Gasteiger partial charge in [0.1, 0.15) is 5.54 Å². The van der Waals surface area contributed by atoms with E-state index in [1.165, 1.54) is 11.8 Å². The van der Waals surface area contributed by atoms with Crippen molar-refractivity contribution >= 4 is 51.6 Å². The minimum Gasteiger partial charge on any atom is -0.354 e. The van der Waals surface area contributed by atoms with E-state index in [1.807, 2.05) is 71.6 Å². The van der Waals surface area contributed by atoms with Crippen LogP contribution in [0, 0.1) is 0 Å². The summed E-state index contributed by atoms with van der Waals surface area (Å²) in [5, 5.41) is 25.3. The van der Waals surface area contributed by atoms with Crippen LogP contribution in [0.2, 0.25) is 0 Å². The van der Waals surface area contributed by atoms with Gasteiger partial charge in [-0.1, -0.05) is 60.3 Å². The van der Waals surface area contributed by atoms with Crippen molar-refractivity contribution in [2.75, 3.05) is 31.9 Å². The van der Waals surface area contributed by atoms with Crippen molar-refractivity contribution in [3.63, 3.8) is 0 Å². The molecule has 2 aromatic carbocycles. The van der Waals surface area contributed by atoms with Gasteiger partial charge in [0.05, 0.1) is 17.1 Å². The Hall–Kier alpha value is -3.74. The average molecular weight is 592 g/mol. The molecule has 2 aromatic heterocycles. The third kappa shape index (κ3) is 6.95. The highest BCUT2D eigenvalue weighted by molar-refractivity contribution is 7.99. The van der Waals surface area contributed by atoms with Crippen LogP contribution in [0.3, 0.4) is 0 Å². The predicted octanol–water partition coefficient (Wildman–Crippen LogP) is 2.50. The van der Waals surface area contributed by atoms with E-state index in [0.29, 0.717) is 37.6 Å². The zero-order valence-electron chi connectivity index (χ0n) is 22.8. The highest BCUT2D eigenvalue weighted by atomic mass is 32.2. The number of carbonyl (C=O) groups is 3. The highest BCUT2D eigenvalue weighted by Gasteiger charge is 2.40.